The SMILES string of the molecule is CCOP(=O)(OCC)[C@@H]1C[C@H](C(=O)Nc2ccccc2F)ON1C. The first kappa shape index (κ1) is 19.0. The summed E-state index contributed by atoms with van der Waals surface area (Å²) in [7, 11) is -1.88. The minimum atomic E-state index is -3.45. The summed E-state index contributed by atoms with van der Waals surface area (Å²) in [6.45, 7) is 3.86. The molecule has 7 nitrogen and oxygen atoms in total. The maximum Gasteiger partial charge on any atom is 0.350 e. The van der Waals surface area contributed by atoms with E-state index in [1.807, 2.05) is 0 Å². The molecule has 0 unspecified atom stereocenters. The molecule has 0 bridgehead atoms. The van der Waals surface area contributed by atoms with Gasteiger partial charge in [0.2, 0.25) is 0 Å². The van der Waals surface area contributed by atoms with Crippen LogP contribution in [0.5, 0.6) is 0 Å². The molecule has 0 saturated carbocycles. The zero-order valence-corrected chi connectivity index (χ0v) is 14.8. The third-order valence-corrected chi connectivity index (χ3v) is 6.05. The van der Waals surface area contributed by atoms with Gasteiger partial charge < -0.3 is 14.4 Å². The van der Waals surface area contributed by atoms with Gasteiger partial charge in [-0.25, -0.2) is 4.39 Å². The molecule has 2 atom stereocenters. The standard InChI is InChI=1S/C15H22FN2O5P/c1-4-21-24(20,22-5-2)14-10-13(23-18(14)3)15(19)17-12-9-7-6-8-11(12)16/h6-9,13-14H,4-5,10H2,1-3H3,(H,17,19)/t13-,14-/m1/s1. The zero-order valence-electron chi connectivity index (χ0n) is 13.9. The highest BCUT2D eigenvalue weighted by Gasteiger charge is 2.48. The number of carbonyl (C=O) groups excluding carboxylic acids is 1. The van der Waals surface area contributed by atoms with Crippen LogP contribution < -0.4 is 5.32 Å². The number of para-hydroxylation sites is 1. The number of anilines is 1. The highest BCUT2D eigenvalue weighted by Crippen LogP contribution is 2.57. The Morgan fingerprint density at radius 3 is 2.58 bits per heavy atom. The fourth-order valence-electron chi connectivity index (χ4n) is 2.48. The van der Waals surface area contributed by atoms with Crippen LogP contribution in [0.1, 0.15) is 20.3 Å². The van der Waals surface area contributed by atoms with Crippen LogP contribution in [0.25, 0.3) is 0 Å². The Hall–Kier alpha value is -1.31. The summed E-state index contributed by atoms with van der Waals surface area (Å²) >= 11 is 0. The Balaban J connectivity index is 2.08. The van der Waals surface area contributed by atoms with Gasteiger partial charge in [0, 0.05) is 13.5 Å². The first-order valence-corrected chi connectivity index (χ1v) is 9.36. The summed E-state index contributed by atoms with van der Waals surface area (Å²) in [5.41, 5.74) is 0.0648. The van der Waals surface area contributed by atoms with Crippen molar-refractivity contribution in [2.45, 2.75) is 32.2 Å². The fourth-order valence-corrected chi connectivity index (χ4v) is 4.52. The molecule has 24 heavy (non-hydrogen) atoms. The first-order valence-electron chi connectivity index (χ1n) is 7.75. The van der Waals surface area contributed by atoms with Gasteiger partial charge in [-0.3, -0.25) is 14.2 Å². The van der Waals surface area contributed by atoms with Crippen LogP contribution in [-0.4, -0.2) is 43.1 Å². The number of carbonyl (C=O) groups is 1. The van der Waals surface area contributed by atoms with E-state index in [1.165, 1.54) is 23.3 Å². The summed E-state index contributed by atoms with van der Waals surface area (Å²) in [6.07, 6.45) is -0.789. The van der Waals surface area contributed by atoms with Crippen LogP contribution in [-0.2, 0) is 23.2 Å². The third-order valence-electron chi connectivity index (χ3n) is 3.55. The summed E-state index contributed by atoms with van der Waals surface area (Å²) in [4.78, 5) is 17.8. The van der Waals surface area contributed by atoms with Crippen LogP contribution in [0.3, 0.4) is 0 Å². The van der Waals surface area contributed by atoms with Gasteiger partial charge in [-0.1, -0.05) is 12.1 Å². The van der Waals surface area contributed by atoms with Gasteiger partial charge in [-0.05, 0) is 26.0 Å². The van der Waals surface area contributed by atoms with Gasteiger partial charge >= 0.3 is 7.60 Å². The number of nitrogens with one attached hydrogen (secondary N) is 1. The molecule has 9 heteroatoms. The van der Waals surface area contributed by atoms with Crippen molar-refractivity contribution in [3.8, 4) is 0 Å². The molecular formula is C15H22FN2O5P. The van der Waals surface area contributed by atoms with E-state index in [2.05, 4.69) is 5.32 Å². The number of hydrogen-bond donors (Lipinski definition) is 1. The molecule has 1 aliphatic rings. The quantitative estimate of drug-likeness (QED) is 0.754. The summed E-state index contributed by atoms with van der Waals surface area (Å²) in [5, 5.41) is 3.79. The maximum absolute atomic E-state index is 13.6. The van der Waals surface area contributed by atoms with E-state index in [4.69, 9.17) is 13.9 Å². The predicted molar refractivity (Wildman–Crippen MR) is 86.9 cm³/mol. The van der Waals surface area contributed by atoms with Gasteiger partial charge in [-0.15, -0.1) is 0 Å². The van der Waals surface area contributed by atoms with Gasteiger partial charge in [-0.2, -0.15) is 5.06 Å². The number of hydroxylamine groups is 2. The van der Waals surface area contributed by atoms with Gasteiger partial charge in [0.25, 0.3) is 5.91 Å². The molecule has 1 aliphatic heterocycles. The van der Waals surface area contributed by atoms with Crippen molar-refractivity contribution in [2.75, 3.05) is 25.6 Å². The lowest BCUT2D eigenvalue weighted by atomic mass is 10.2. The molecule has 0 aliphatic carbocycles. The lowest BCUT2D eigenvalue weighted by Crippen LogP contribution is -2.28. The summed E-state index contributed by atoms with van der Waals surface area (Å²) < 4.78 is 37.1. The molecular weight excluding hydrogens is 338 g/mol. The van der Waals surface area contributed by atoms with Crippen LogP contribution >= 0.6 is 7.60 Å². The lowest BCUT2D eigenvalue weighted by Gasteiger charge is -2.25. The molecule has 134 valence electrons. The van der Waals surface area contributed by atoms with Crippen molar-refractivity contribution in [3.63, 3.8) is 0 Å². The largest absolute Gasteiger partial charge is 0.350 e. The highest BCUT2D eigenvalue weighted by molar-refractivity contribution is 7.54. The summed E-state index contributed by atoms with van der Waals surface area (Å²) in [6, 6.07) is 5.84. The second-order valence-electron chi connectivity index (χ2n) is 5.20. The van der Waals surface area contributed by atoms with Crippen molar-refractivity contribution >= 4 is 19.2 Å². The average molecular weight is 360 g/mol. The van der Waals surface area contributed by atoms with Crippen LogP contribution in [0.4, 0.5) is 10.1 Å². The Bertz CT molecular complexity index is 620. The Morgan fingerprint density at radius 1 is 1.38 bits per heavy atom. The van der Waals surface area contributed by atoms with Gasteiger partial charge in [0.15, 0.2) is 6.10 Å². The number of hydrogen-bond acceptors (Lipinski definition) is 6. The van der Waals surface area contributed by atoms with Crippen molar-refractivity contribution in [2.24, 2.45) is 0 Å². The van der Waals surface area contributed by atoms with E-state index in [0.717, 1.165) is 0 Å². The van der Waals surface area contributed by atoms with Crippen molar-refractivity contribution < 1.29 is 27.6 Å². The normalized spacial score (nSPS) is 21.8. The predicted octanol–water partition coefficient (Wildman–Crippen LogP) is 2.99. The van der Waals surface area contributed by atoms with Crippen LogP contribution in [0.2, 0.25) is 0 Å². The Morgan fingerprint density at radius 2 is 2.00 bits per heavy atom. The Kier molecular flexibility index (Phi) is 6.48. The van der Waals surface area contributed by atoms with Gasteiger partial charge in [0.1, 0.15) is 11.6 Å². The molecule has 1 fully saturated rings. The lowest BCUT2D eigenvalue weighted by molar-refractivity contribution is -0.155. The van der Waals surface area contributed by atoms with Crippen molar-refractivity contribution in [3.05, 3.63) is 30.1 Å². The van der Waals surface area contributed by atoms with E-state index in [-0.39, 0.29) is 25.3 Å². The molecule has 0 radical (unpaired) electrons. The van der Waals surface area contributed by atoms with E-state index >= 15 is 0 Å². The average Bonchev–Trinajstić information content (AvgIpc) is 2.93. The molecule has 1 aromatic rings. The molecule has 1 aromatic carbocycles. The topological polar surface area (TPSA) is 77.1 Å². The Labute approximate surface area is 140 Å². The third kappa shape index (κ3) is 4.20. The molecule has 1 heterocycles. The number of amides is 1. The molecule has 0 aromatic heterocycles. The maximum atomic E-state index is 13.6. The van der Waals surface area contributed by atoms with Crippen molar-refractivity contribution in [1.29, 1.82) is 0 Å². The molecule has 0 spiro atoms. The number of halogens is 1. The second-order valence-corrected chi connectivity index (χ2v) is 7.39. The molecule has 1 saturated heterocycles. The van der Waals surface area contributed by atoms with Crippen molar-refractivity contribution in [1.82, 2.24) is 5.06 Å². The van der Waals surface area contributed by atoms with Crippen LogP contribution in [0, 0.1) is 5.82 Å². The number of rotatable bonds is 7. The van der Waals surface area contributed by atoms with Gasteiger partial charge in [0.05, 0.1) is 18.9 Å². The second kappa shape index (κ2) is 8.18. The highest BCUT2D eigenvalue weighted by atomic mass is 31.2. The fraction of sp³-hybridized carbons (Fsp3) is 0.533. The summed E-state index contributed by atoms with van der Waals surface area (Å²) in [5.74, 6) is -1.76. The number of nitrogens with zero attached hydrogens (tertiary/aromatic N) is 1. The number of benzene rings is 1. The smallest absolute Gasteiger partial charge is 0.321 e. The zero-order chi connectivity index (χ0) is 17.7. The van der Waals surface area contributed by atoms with E-state index in [0.29, 0.717) is 0 Å². The minimum Gasteiger partial charge on any atom is -0.321 e. The van der Waals surface area contributed by atoms with Crippen LogP contribution in [0.15, 0.2) is 24.3 Å². The minimum absolute atomic E-state index is 0.0648. The van der Waals surface area contributed by atoms with E-state index < -0.39 is 31.2 Å². The monoisotopic (exact) mass is 360 g/mol. The molecule has 2 rings (SSSR count). The van der Waals surface area contributed by atoms with E-state index in [9.17, 15) is 13.8 Å². The first-order chi connectivity index (χ1) is 11.4. The molecule has 1 N–H and O–H groups in total. The molecule has 1 amide bonds. The van der Waals surface area contributed by atoms with E-state index in [1.54, 1.807) is 27.0 Å².